The number of aromatic nitrogens is 2. The Hall–Kier alpha value is -2.87. The molecule has 3 heterocycles. The number of nitrogens with one attached hydrogen (secondary N) is 2. The molecule has 0 aliphatic carbocycles. The van der Waals surface area contributed by atoms with Crippen LogP contribution in [0.5, 0.6) is 11.5 Å². The average molecular weight is 342 g/mol. The van der Waals surface area contributed by atoms with Crippen LogP contribution >= 0.6 is 11.3 Å². The summed E-state index contributed by atoms with van der Waals surface area (Å²) in [6.07, 6.45) is 0. The van der Waals surface area contributed by atoms with Gasteiger partial charge in [0.2, 0.25) is 12.7 Å². The Morgan fingerprint density at radius 3 is 2.79 bits per heavy atom. The number of amides is 1. The number of thiophene rings is 1. The number of hydrogen-bond donors (Lipinski definition) is 2. The van der Waals surface area contributed by atoms with Crippen molar-refractivity contribution in [3.63, 3.8) is 0 Å². The van der Waals surface area contributed by atoms with Crippen molar-refractivity contribution in [2.24, 2.45) is 0 Å². The molecule has 0 saturated heterocycles. The lowest BCUT2D eigenvalue weighted by molar-refractivity contribution is 0.0967. The van der Waals surface area contributed by atoms with Gasteiger partial charge in [-0.05, 0) is 24.3 Å². The summed E-state index contributed by atoms with van der Waals surface area (Å²) in [7, 11) is 3.37. The van der Waals surface area contributed by atoms with Crippen molar-refractivity contribution >= 4 is 33.4 Å². The van der Waals surface area contributed by atoms with Crippen LogP contribution in [0.3, 0.4) is 0 Å². The quantitative estimate of drug-likeness (QED) is 0.761. The number of carbonyl (C=O) groups is 1. The topological polar surface area (TPSA) is 85.4 Å². The Morgan fingerprint density at radius 2 is 2.00 bits per heavy atom. The van der Waals surface area contributed by atoms with E-state index < -0.39 is 0 Å². The summed E-state index contributed by atoms with van der Waals surface area (Å²) in [5, 5.41) is 6.43. The van der Waals surface area contributed by atoms with E-state index >= 15 is 0 Å². The summed E-state index contributed by atoms with van der Waals surface area (Å²) in [6, 6.07) is 7.49. The first-order chi connectivity index (χ1) is 11.7. The summed E-state index contributed by atoms with van der Waals surface area (Å²) < 4.78 is 10.8. The van der Waals surface area contributed by atoms with Crippen molar-refractivity contribution in [1.82, 2.24) is 15.3 Å². The van der Waals surface area contributed by atoms with E-state index in [1.165, 1.54) is 11.3 Å². The molecule has 1 aliphatic heterocycles. The van der Waals surface area contributed by atoms with E-state index in [2.05, 4.69) is 20.6 Å². The van der Waals surface area contributed by atoms with Gasteiger partial charge in [-0.2, -0.15) is 0 Å². The first-order valence-corrected chi connectivity index (χ1v) is 8.12. The molecule has 1 aromatic carbocycles. The lowest BCUT2D eigenvalue weighted by Crippen LogP contribution is -2.15. The summed E-state index contributed by atoms with van der Waals surface area (Å²) in [4.78, 5) is 22.3. The lowest BCUT2D eigenvalue weighted by atomic mass is 10.1. The molecule has 0 unspecified atom stereocenters. The molecule has 2 N–H and O–H groups in total. The van der Waals surface area contributed by atoms with E-state index in [-0.39, 0.29) is 12.7 Å². The fourth-order valence-corrected chi connectivity index (χ4v) is 3.51. The summed E-state index contributed by atoms with van der Waals surface area (Å²) >= 11 is 1.33. The molecule has 4 rings (SSSR count). The van der Waals surface area contributed by atoms with Crippen LogP contribution in [-0.4, -0.2) is 36.8 Å². The first-order valence-electron chi connectivity index (χ1n) is 7.31. The maximum absolute atomic E-state index is 11.9. The zero-order valence-electron chi connectivity index (χ0n) is 13.0. The van der Waals surface area contributed by atoms with Crippen LogP contribution < -0.4 is 20.1 Å². The number of fused-ring (bicyclic) bond motifs is 2. The van der Waals surface area contributed by atoms with Crippen molar-refractivity contribution in [1.29, 1.82) is 0 Å². The van der Waals surface area contributed by atoms with Crippen molar-refractivity contribution in [3.05, 3.63) is 29.1 Å². The molecule has 0 fully saturated rings. The number of benzene rings is 1. The molecular weight excluding hydrogens is 328 g/mol. The minimum atomic E-state index is -0.138. The molecule has 0 bridgehead atoms. The van der Waals surface area contributed by atoms with Gasteiger partial charge in [-0.3, -0.25) is 4.79 Å². The number of rotatable bonds is 3. The third-order valence-corrected chi connectivity index (χ3v) is 4.74. The monoisotopic (exact) mass is 342 g/mol. The first kappa shape index (κ1) is 14.7. The highest BCUT2D eigenvalue weighted by Crippen LogP contribution is 2.38. The minimum absolute atomic E-state index is 0.138. The maximum Gasteiger partial charge on any atom is 0.261 e. The number of carbonyl (C=O) groups excluding carboxylic acids is 1. The summed E-state index contributed by atoms with van der Waals surface area (Å²) in [5.74, 6) is 1.77. The largest absolute Gasteiger partial charge is 0.454 e. The van der Waals surface area contributed by atoms with Crippen molar-refractivity contribution in [2.75, 3.05) is 26.2 Å². The van der Waals surface area contributed by atoms with Gasteiger partial charge in [-0.25, -0.2) is 9.97 Å². The van der Waals surface area contributed by atoms with Gasteiger partial charge in [-0.1, -0.05) is 0 Å². The Morgan fingerprint density at radius 1 is 1.17 bits per heavy atom. The fourth-order valence-electron chi connectivity index (χ4n) is 2.53. The average Bonchev–Trinajstić information content (AvgIpc) is 3.25. The molecule has 7 nitrogen and oxygen atoms in total. The van der Waals surface area contributed by atoms with Gasteiger partial charge in [0.05, 0.1) is 10.6 Å². The molecule has 24 heavy (non-hydrogen) atoms. The van der Waals surface area contributed by atoms with Crippen molar-refractivity contribution in [3.8, 4) is 22.8 Å². The highest BCUT2D eigenvalue weighted by Gasteiger charge is 2.19. The molecule has 1 aliphatic rings. The molecule has 0 saturated carbocycles. The molecule has 0 radical (unpaired) electrons. The zero-order chi connectivity index (χ0) is 16.7. The van der Waals surface area contributed by atoms with E-state index in [1.54, 1.807) is 14.1 Å². The maximum atomic E-state index is 11.9. The number of nitrogens with zero attached hydrogens (tertiary/aromatic N) is 2. The predicted octanol–water partition coefficient (Wildman–Crippen LogP) is 2.49. The van der Waals surface area contributed by atoms with E-state index in [0.29, 0.717) is 22.3 Å². The van der Waals surface area contributed by atoms with E-state index in [9.17, 15) is 4.79 Å². The van der Waals surface area contributed by atoms with E-state index in [4.69, 9.17) is 9.47 Å². The SMILES string of the molecule is CNC(=O)c1cc2c(-c3ccc4c(c3)OCO4)nc(NC)nc2s1. The number of anilines is 1. The Kier molecular flexibility index (Phi) is 3.46. The molecular formula is C16H14N4O3S. The molecule has 1 amide bonds. The Bertz CT molecular complexity index is 954. The second-order valence-electron chi connectivity index (χ2n) is 5.12. The molecule has 2 aromatic heterocycles. The van der Waals surface area contributed by atoms with Crippen LogP contribution in [0.25, 0.3) is 21.5 Å². The van der Waals surface area contributed by atoms with Gasteiger partial charge in [0.25, 0.3) is 5.91 Å². The van der Waals surface area contributed by atoms with Gasteiger partial charge < -0.3 is 20.1 Å². The highest BCUT2D eigenvalue weighted by atomic mass is 32.1. The molecule has 0 atom stereocenters. The van der Waals surface area contributed by atoms with Gasteiger partial charge >= 0.3 is 0 Å². The normalized spacial score (nSPS) is 12.4. The number of ether oxygens (including phenoxy) is 2. The van der Waals surface area contributed by atoms with E-state index in [0.717, 1.165) is 21.5 Å². The second kappa shape index (κ2) is 5.64. The highest BCUT2D eigenvalue weighted by molar-refractivity contribution is 7.20. The van der Waals surface area contributed by atoms with Crippen LogP contribution in [0.1, 0.15) is 9.67 Å². The van der Waals surface area contributed by atoms with Crippen LogP contribution in [0, 0.1) is 0 Å². The predicted molar refractivity (Wildman–Crippen MR) is 91.9 cm³/mol. The van der Waals surface area contributed by atoms with Crippen LogP contribution in [0.15, 0.2) is 24.3 Å². The lowest BCUT2D eigenvalue weighted by Gasteiger charge is -2.06. The standard InChI is InChI=1S/C16H14N4O3S/c1-17-14(21)12-6-9-13(19-16(18-2)20-15(9)24-12)8-3-4-10-11(5-8)23-7-22-10/h3-6H,7H2,1-2H3,(H,17,21)(H,18,19,20). The van der Waals surface area contributed by atoms with Crippen LogP contribution in [0.2, 0.25) is 0 Å². The van der Waals surface area contributed by atoms with Crippen molar-refractivity contribution in [2.45, 2.75) is 0 Å². The summed E-state index contributed by atoms with van der Waals surface area (Å²) in [5.41, 5.74) is 1.62. The number of hydrogen-bond acceptors (Lipinski definition) is 7. The van der Waals surface area contributed by atoms with Gasteiger partial charge in [0.15, 0.2) is 11.5 Å². The second-order valence-corrected chi connectivity index (χ2v) is 6.15. The zero-order valence-corrected chi connectivity index (χ0v) is 13.9. The van der Waals surface area contributed by atoms with Gasteiger partial charge in [0, 0.05) is 25.0 Å². The molecule has 8 heteroatoms. The molecule has 0 spiro atoms. The third-order valence-electron chi connectivity index (χ3n) is 3.71. The fraction of sp³-hybridized carbons (Fsp3) is 0.188. The van der Waals surface area contributed by atoms with Crippen molar-refractivity contribution < 1.29 is 14.3 Å². The Balaban J connectivity index is 1.92. The molecule has 3 aromatic rings. The molecule has 122 valence electrons. The minimum Gasteiger partial charge on any atom is -0.454 e. The smallest absolute Gasteiger partial charge is 0.261 e. The van der Waals surface area contributed by atoms with Gasteiger partial charge in [-0.15, -0.1) is 11.3 Å². The van der Waals surface area contributed by atoms with E-state index in [1.807, 2.05) is 24.3 Å². The Labute approximate surface area is 141 Å². The van der Waals surface area contributed by atoms with Crippen LogP contribution in [0.4, 0.5) is 5.95 Å². The third kappa shape index (κ3) is 2.31. The van der Waals surface area contributed by atoms with Gasteiger partial charge in [0.1, 0.15) is 4.83 Å². The van der Waals surface area contributed by atoms with Crippen LogP contribution in [-0.2, 0) is 0 Å². The summed E-state index contributed by atoms with van der Waals surface area (Å²) in [6.45, 7) is 0.221.